The van der Waals surface area contributed by atoms with Crippen LogP contribution in [-0.4, -0.2) is 37.4 Å². The molecule has 138 valence electrons. The van der Waals surface area contributed by atoms with Crippen molar-refractivity contribution in [1.82, 2.24) is 15.5 Å². The lowest BCUT2D eigenvalue weighted by Crippen LogP contribution is -2.21. The number of aromatic nitrogens is 2. The second-order valence-electron chi connectivity index (χ2n) is 6.11. The Morgan fingerprint density at radius 1 is 0.963 bits per heavy atom. The third kappa shape index (κ3) is 2.77. The zero-order valence-electron chi connectivity index (χ0n) is 15.2. The third-order valence-corrected chi connectivity index (χ3v) is 4.69. The van der Waals surface area contributed by atoms with Crippen LogP contribution in [0.4, 0.5) is 0 Å². The van der Waals surface area contributed by atoms with Crippen LogP contribution in [0.1, 0.15) is 27.7 Å². The molecule has 0 fully saturated rings. The molecule has 0 saturated heterocycles. The van der Waals surface area contributed by atoms with Gasteiger partial charge in [0.15, 0.2) is 0 Å². The monoisotopic (exact) mass is 365 g/mol. The lowest BCUT2D eigenvalue weighted by molar-refractivity contribution is 0.0955. The molecule has 4 rings (SSSR count). The normalized spacial score (nSPS) is 15.2. The molecule has 0 saturated carbocycles. The molecular formula is C20H19N3O4. The maximum absolute atomic E-state index is 12.5. The summed E-state index contributed by atoms with van der Waals surface area (Å²) in [6.07, 6.45) is 0. The average Bonchev–Trinajstić information content (AvgIpc) is 3.29. The molecule has 2 N–H and O–H groups in total. The Bertz CT molecular complexity index is 1010. The van der Waals surface area contributed by atoms with E-state index in [1.165, 1.54) is 0 Å². The number of aromatic amines is 1. The summed E-state index contributed by atoms with van der Waals surface area (Å²) >= 11 is 0. The van der Waals surface area contributed by atoms with Crippen LogP contribution >= 0.6 is 0 Å². The van der Waals surface area contributed by atoms with Gasteiger partial charge < -0.3 is 19.5 Å². The van der Waals surface area contributed by atoms with Gasteiger partial charge in [-0.2, -0.15) is 5.10 Å². The van der Waals surface area contributed by atoms with Gasteiger partial charge in [0.25, 0.3) is 5.91 Å². The molecule has 0 spiro atoms. The van der Waals surface area contributed by atoms with Crippen LogP contribution in [0.3, 0.4) is 0 Å². The van der Waals surface area contributed by atoms with Crippen molar-refractivity contribution in [3.63, 3.8) is 0 Å². The van der Waals surface area contributed by atoms with Crippen LogP contribution in [-0.2, 0) is 0 Å². The van der Waals surface area contributed by atoms with Crippen LogP contribution in [0.15, 0.2) is 42.5 Å². The largest absolute Gasteiger partial charge is 0.497 e. The molecule has 0 radical (unpaired) electrons. The van der Waals surface area contributed by atoms with Gasteiger partial charge in [-0.1, -0.05) is 12.1 Å². The van der Waals surface area contributed by atoms with Crippen LogP contribution in [0.5, 0.6) is 17.2 Å². The van der Waals surface area contributed by atoms with Gasteiger partial charge in [-0.3, -0.25) is 9.89 Å². The number of nitrogens with one attached hydrogen (secondary N) is 2. The summed E-state index contributed by atoms with van der Waals surface area (Å²) in [6.45, 7) is 0. The first kappa shape index (κ1) is 17.0. The van der Waals surface area contributed by atoms with Crippen LogP contribution < -0.4 is 19.5 Å². The molecule has 0 aliphatic carbocycles. The van der Waals surface area contributed by atoms with Crippen molar-refractivity contribution in [1.29, 1.82) is 0 Å². The number of fused-ring (bicyclic) bond motifs is 1. The van der Waals surface area contributed by atoms with E-state index in [2.05, 4.69) is 15.5 Å². The van der Waals surface area contributed by atoms with E-state index in [0.29, 0.717) is 22.9 Å². The number of benzene rings is 2. The van der Waals surface area contributed by atoms with Crippen molar-refractivity contribution >= 4 is 5.91 Å². The van der Waals surface area contributed by atoms with E-state index in [4.69, 9.17) is 14.2 Å². The number of hydrogen-bond donors (Lipinski definition) is 2. The van der Waals surface area contributed by atoms with Gasteiger partial charge in [-0.05, 0) is 24.3 Å². The molecule has 1 aliphatic heterocycles. The Hall–Kier alpha value is -3.48. The third-order valence-electron chi connectivity index (χ3n) is 4.69. The quantitative estimate of drug-likeness (QED) is 0.726. The molecular weight excluding hydrogens is 346 g/mol. The number of methoxy groups -OCH3 is 3. The van der Waals surface area contributed by atoms with Gasteiger partial charge in [0.2, 0.25) is 0 Å². The van der Waals surface area contributed by atoms with Crippen molar-refractivity contribution in [2.45, 2.75) is 6.04 Å². The van der Waals surface area contributed by atoms with Gasteiger partial charge in [0.05, 0.1) is 33.1 Å². The minimum atomic E-state index is -0.381. The molecule has 7 heteroatoms. The zero-order chi connectivity index (χ0) is 19.0. The predicted octanol–water partition coefficient (Wildman–Crippen LogP) is 2.94. The molecule has 7 nitrogen and oxygen atoms in total. The highest BCUT2D eigenvalue weighted by Gasteiger charge is 2.37. The van der Waals surface area contributed by atoms with Gasteiger partial charge >= 0.3 is 0 Å². The molecule has 1 atom stereocenters. The van der Waals surface area contributed by atoms with E-state index >= 15 is 0 Å². The number of ether oxygens (including phenoxy) is 3. The number of H-pyrrole nitrogens is 1. The predicted molar refractivity (Wildman–Crippen MR) is 99.4 cm³/mol. The molecule has 1 aliphatic rings. The number of hydrogen-bond acceptors (Lipinski definition) is 5. The fraction of sp³-hybridized carbons (Fsp3) is 0.200. The first-order chi connectivity index (χ1) is 13.2. The lowest BCUT2D eigenvalue weighted by Gasteiger charge is -2.17. The van der Waals surface area contributed by atoms with Crippen LogP contribution in [0.25, 0.3) is 11.3 Å². The van der Waals surface area contributed by atoms with Crippen molar-refractivity contribution < 1.29 is 19.0 Å². The first-order valence-corrected chi connectivity index (χ1v) is 8.41. The summed E-state index contributed by atoms with van der Waals surface area (Å²) in [5.74, 6) is 1.83. The van der Waals surface area contributed by atoms with E-state index in [-0.39, 0.29) is 11.9 Å². The summed E-state index contributed by atoms with van der Waals surface area (Å²) in [5.41, 5.74) is 3.63. The zero-order valence-corrected chi connectivity index (χ0v) is 15.2. The summed E-state index contributed by atoms with van der Waals surface area (Å²) in [7, 11) is 4.80. The Morgan fingerprint density at radius 3 is 2.48 bits per heavy atom. The lowest BCUT2D eigenvalue weighted by atomic mass is 9.96. The van der Waals surface area contributed by atoms with Gasteiger partial charge in [0, 0.05) is 22.8 Å². The fourth-order valence-electron chi connectivity index (χ4n) is 3.36. The standard InChI is InChI=1S/C20H19N3O4/c1-25-12-6-4-5-11(9-12)17-16-18(21-20(24)19(16)23-22-17)14-8-7-13(26-2)10-15(14)27-3/h4-10,18H,1-3H3,(H,21,24)(H,22,23)/t18-/m0/s1. The summed E-state index contributed by atoms with van der Waals surface area (Å²) in [4.78, 5) is 12.5. The molecule has 0 bridgehead atoms. The Labute approximate surface area is 156 Å². The number of rotatable bonds is 5. The molecule has 0 unspecified atom stereocenters. The number of nitrogens with zero attached hydrogens (tertiary/aromatic N) is 1. The maximum Gasteiger partial charge on any atom is 0.270 e. The summed E-state index contributed by atoms with van der Waals surface area (Å²) < 4.78 is 16.1. The Morgan fingerprint density at radius 2 is 1.74 bits per heavy atom. The van der Waals surface area contributed by atoms with E-state index in [1.807, 2.05) is 36.4 Å². The van der Waals surface area contributed by atoms with E-state index in [1.54, 1.807) is 27.4 Å². The van der Waals surface area contributed by atoms with Crippen molar-refractivity contribution in [2.75, 3.05) is 21.3 Å². The summed E-state index contributed by atoms with van der Waals surface area (Å²) in [6, 6.07) is 12.7. The van der Waals surface area contributed by atoms with Crippen molar-refractivity contribution in [3.05, 3.63) is 59.3 Å². The smallest absolute Gasteiger partial charge is 0.270 e. The van der Waals surface area contributed by atoms with Crippen molar-refractivity contribution in [3.8, 4) is 28.5 Å². The van der Waals surface area contributed by atoms with Crippen LogP contribution in [0.2, 0.25) is 0 Å². The molecule has 27 heavy (non-hydrogen) atoms. The Kier molecular flexibility index (Phi) is 4.19. The fourth-order valence-corrected chi connectivity index (χ4v) is 3.36. The second-order valence-corrected chi connectivity index (χ2v) is 6.11. The van der Waals surface area contributed by atoms with Gasteiger partial charge in [-0.15, -0.1) is 0 Å². The average molecular weight is 365 g/mol. The van der Waals surface area contributed by atoms with E-state index < -0.39 is 0 Å². The SMILES string of the molecule is COc1cccc(-c2n[nH]c3c2[C@H](c2ccc(OC)cc2OC)NC3=O)c1. The number of amides is 1. The highest BCUT2D eigenvalue weighted by molar-refractivity contribution is 6.00. The minimum Gasteiger partial charge on any atom is -0.497 e. The van der Waals surface area contributed by atoms with Crippen LogP contribution in [0, 0.1) is 0 Å². The molecule has 2 aromatic carbocycles. The maximum atomic E-state index is 12.5. The van der Waals surface area contributed by atoms with Gasteiger partial charge in [0.1, 0.15) is 22.9 Å². The van der Waals surface area contributed by atoms with E-state index in [9.17, 15) is 4.79 Å². The molecule has 1 aromatic heterocycles. The topological polar surface area (TPSA) is 85.5 Å². The molecule has 3 aromatic rings. The van der Waals surface area contributed by atoms with Gasteiger partial charge in [-0.25, -0.2) is 0 Å². The van der Waals surface area contributed by atoms with E-state index in [0.717, 1.165) is 22.4 Å². The second kappa shape index (κ2) is 6.68. The first-order valence-electron chi connectivity index (χ1n) is 8.41. The Balaban J connectivity index is 1.85. The number of carbonyl (C=O) groups excluding carboxylic acids is 1. The molecule has 2 heterocycles. The highest BCUT2D eigenvalue weighted by Crippen LogP contribution is 2.41. The summed E-state index contributed by atoms with van der Waals surface area (Å²) in [5, 5.41) is 10.3. The molecule has 1 amide bonds. The minimum absolute atomic E-state index is 0.200. The highest BCUT2D eigenvalue weighted by atomic mass is 16.5. The number of carbonyl (C=O) groups is 1. The van der Waals surface area contributed by atoms with Crippen molar-refractivity contribution in [2.24, 2.45) is 0 Å².